The molecule has 1 aromatic carbocycles. The normalized spacial score (nSPS) is 34.1. The molecule has 0 radical (unpaired) electrons. The average Bonchev–Trinajstić information content (AvgIpc) is 2.60. The van der Waals surface area contributed by atoms with Gasteiger partial charge in [-0.05, 0) is 93.7 Å². The molecule has 4 bridgehead atoms. The molecule has 5 rings (SSSR count). The van der Waals surface area contributed by atoms with Crippen molar-refractivity contribution in [2.45, 2.75) is 64.5 Å². The van der Waals surface area contributed by atoms with Crippen LogP contribution >= 0.6 is 0 Å². The van der Waals surface area contributed by atoms with E-state index in [0.717, 1.165) is 17.8 Å². The first kappa shape index (κ1) is 17.5. The van der Waals surface area contributed by atoms with Crippen LogP contribution in [0.5, 0.6) is 0 Å². The van der Waals surface area contributed by atoms with Crippen molar-refractivity contribution in [1.29, 1.82) is 5.26 Å². The van der Waals surface area contributed by atoms with Gasteiger partial charge in [0.25, 0.3) is 0 Å². The largest absolute Gasteiger partial charge is 0.325 e. The highest BCUT2D eigenvalue weighted by Crippen LogP contribution is 2.61. The lowest BCUT2D eigenvalue weighted by Gasteiger charge is -2.59. The van der Waals surface area contributed by atoms with Crippen molar-refractivity contribution in [3.8, 4) is 6.07 Å². The molecule has 138 valence electrons. The average molecular weight is 351 g/mol. The molecule has 26 heavy (non-hydrogen) atoms. The lowest BCUT2D eigenvalue weighted by atomic mass is 9.48. The maximum atomic E-state index is 12.6. The number of carbonyl (C=O) groups excluding carboxylic acids is 1. The Bertz CT molecular complexity index is 700. The number of carbonyl (C=O) groups is 1. The van der Waals surface area contributed by atoms with E-state index >= 15 is 0 Å². The molecule has 0 saturated heterocycles. The molecule has 4 nitrogen and oxygen atoms in total. The van der Waals surface area contributed by atoms with Crippen molar-refractivity contribution >= 4 is 11.6 Å². The Morgan fingerprint density at radius 3 is 2.35 bits per heavy atom. The molecule has 0 unspecified atom stereocenters. The number of amides is 1. The van der Waals surface area contributed by atoms with E-state index in [-0.39, 0.29) is 11.9 Å². The second-order valence-corrected chi connectivity index (χ2v) is 9.07. The molecule has 4 aliphatic carbocycles. The number of hydrogen-bond acceptors (Lipinski definition) is 3. The summed E-state index contributed by atoms with van der Waals surface area (Å²) in [6.07, 6.45) is 8.34. The van der Waals surface area contributed by atoms with Crippen molar-refractivity contribution < 1.29 is 4.79 Å². The fraction of sp³-hybridized carbons (Fsp3) is 0.636. The van der Waals surface area contributed by atoms with Gasteiger partial charge in [0.2, 0.25) is 5.91 Å². The SMILES string of the molecule is C[C@H](N[C@@H](C)C12CC3CC(CC(C3)C1)C2)C(=O)Nc1cccc(C#N)c1. The lowest BCUT2D eigenvalue weighted by Crippen LogP contribution is -2.57. The number of rotatable bonds is 5. The van der Waals surface area contributed by atoms with Crippen LogP contribution in [0.25, 0.3) is 0 Å². The van der Waals surface area contributed by atoms with Crippen molar-refractivity contribution in [3.05, 3.63) is 29.8 Å². The molecule has 4 heteroatoms. The zero-order valence-corrected chi connectivity index (χ0v) is 15.8. The van der Waals surface area contributed by atoms with E-state index in [9.17, 15) is 4.79 Å². The van der Waals surface area contributed by atoms with Gasteiger partial charge in [0.1, 0.15) is 0 Å². The van der Waals surface area contributed by atoms with Crippen LogP contribution < -0.4 is 10.6 Å². The minimum Gasteiger partial charge on any atom is -0.325 e. The quantitative estimate of drug-likeness (QED) is 0.840. The summed E-state index contributed by atoms with van der Waals surface area (Å²) in [6.45, 7) is 4.23. The van der Waals surface area contributed by atoms with Crippen molar-refractivity contribution in [2.24, 2.45) is 23.2 Å². The van der Waals surface area contributed by atoms with Crippen LogP contribution in [0.2, 0.25) is 0 Å². The van der Waals surface area contributed by atoms with Gasteiger partial charge in [-0.25, -0.2) is 0 Å². The molecule has 0 heterocycles. The van der Waals surface area contributed by atoms with Gasteiger partial charge in [-0.15, -0.1) is 0 Å². The second-order valence-electron chi connectivity index (χ2n) is 9.07. The first-order valence-electron chi connectivity index (χ1n) is 10.0. The van der Waals surface area contributed by atoms with Gasteiger partial charge in [0, 0.05) is 11.7 Å². The summed E-state index contributed by atoms with van der Waals surface area (Å²) >= 11 is 0. The van der Waals surface area contributed by atoms with Gasteiger partial charge in [0.15, 0.2) is 0 Å². The Hall–Kier alpha value is -1.86. The number of nitriles is 1. The summed E-state index contributed by atoms with van der Waals surface area (Å²) in [5.41, 5.74) is 1.64. The van der Waals surface area contributed by atoms with Gasteiger partial charge in [0.05, 0.1) is 17.7 Å². The summed E-state index contributed by atoms with van der Waals surface area (Å²) in [5, 5.41) is 15.6. The first-order valence-corrected chi connectivity index (χ1v) is 10.0. The Morgan fingerprint density at radius 1 is 1.15 bits per heavy atom. The Morgan fingerprint density at radius 2 is 1.77 bits per heavy atom. The summed E-state index contributed by atoms with van der Waals surface area (Å²) < 4.78 is 0. The zero-order valence-electron chi connectivity index (χ0n) is 15.8. The van der Waals surface area contributed by atoms with E-state index in [4.69, 9.17) is 5.26 Å². The molecule has 4 fully saturated rings. The number of nitrogens with one attached hydrogen (secondary N) is 2. The van der Waals surface area contributed by atoms with Crippen molar-refractivity contribution in [1.82, 2.24) is 5.32 Å². The first-order chi connectivity index (χ1) is 12.5. The van der Waals surface area contributed by atoms with Crippen LogP contribution in [0.1, 0.15) is 57.9 Å². The van der Waals surface area contributed by atoms with Crippen molar-refractivity contribution in [2.75, 3.05) is 5.32 Å². The molecule has 1 amide bonds. The van der Waals surface area contributed by atoms with E-state index < -0.39 is 0 Å². The van der Waals surface area contributed by atoms with Gasteiger partial charge in [-0.3, -0.25) is 4.79 Å². The Balaban J connectivity index is 1.39. The fourth-order valence-electron chi connectivity index (χ4n) is 6.25. The van der Waals surface area contributed by atoms with Gasteiger partial charge < -0.3 is 10.6 Å². The standard InChI is InChI=1S/C22H29N3O/c1-14(21(26)25-20-5-3-4-16(9-20)13-23)24-15(2)22-10-17-6-18(11-22)8-19(7-17)12-22/h3-5,9,14-15,17-19,24H,6-8,10-12H2,1-2H3,(H,25,26)/t14-,15-,17?,18?,19?,22?/m0/s1. The van der Waals surface area contributed by atoms with Crippen LogP contribution in [0.3, 0.4) is 0 Å². The highest BCUT2D eigenvalue weighted by molar-refractivity contribution is 5.94. The van der Waals surface area contributed by atoms with Crippen molar-refractivity contribution in [3.63, 3.8) is 0 Å². The third-order valence-corrected chi connectivity index (χ3v) is 7.16. The van der Waals surface area contributed by atoms with Crippen LogP contribution in [-0.4, -0.2) is 18.0 Å². The Labute approximate surface area is 156 Å². The maximum absolute atomic E-state index is 12.6. The molecule has 4 saturated carbocycles. The smallest absolute Gasteiger partial charge is 0.241 e. The van der Waals surface area contributed by atoms with E-state index in [0.29, 0.717) is 22.7 Å². The highest BCUT2D eigenvalue weighted by atomic mass is 16.2. The summed E-state index contributed by atoms with van der Waals surface area (Å²) in [4.78, 5) is 12.6. The molecule has 4 aliphatic rings. The predicted octanol–water partition coefficient (Wildman–Crippen LogP) is 4.08. The molecule has 0 aromatic heterocycles. The molecule has 0 spiro atoms. The van der Waals surface area contributed by atoms with Crippen LogP contribution in [0, 0.1) is 34.5 Å². The lowest BCUT2D eigenvalue weighted by molar-refractivity contribution is -0.119. The number of nitrogens with zero attached hydrogens (tertiary/aromatic N) is 1. The second kappa shape index (κ2) is 6.70. The maximum Gasteiger partial charge on any atom is 0.241 e. The van der Waals surface area contributed by atoms with E-state index in [1.807, 2.05) is 13.0 Å². The highest BCUT2D eigenvalue weighted by Gasteiger charge is 2.53. The number of hydrogen-bond donors (Lipinski definition) is 2. The molecule has 0 aliphatic heterocycles. The Kier molecular flexibility index (Phi) is 4.52. The topological polar surface area (TPSA) is 64.9 Å². The molecular weight excluding hydrogens is 322 g/mol. The fourth-order valence-corrected chi connectivity index (χ4v) is 6.25. The summed E-state index contributed by atoms with van der Waals surface area (Å²) in [5.74, 6) is 2.73. The monoisotopic (exact) mass is 351 g/mol. The van der Waals surface area contributed by atoms with Gasteiger partial charge in [-0.1, -0.05) is 6.07 Å². The minimum atomic E-state index is -0.247. The van der Waals surface area contributed by atoms with Crippen LogP contribution in [0.4, 0.5) is 5.69 Å². The molecule has 1 aromatic rings. The van der Waals surface area contributed by atoms with Gasteiger partial charge in [-0.2, -0.15) is 5.26 Å². The zero-order chi connectivity index (χ0) is 18.3. The van der Waals surface area contributed by atoms with Crippen LogP contribution in [-0.2, 0) is 4.79 Å². The number of benzene rings is 1. The third kappa shape index (κ3) is 3.25. The van der Waals surface area contributed by atoms with E-state index in [1.165, 1.54) is 38.5 Å². The molecular formula is C22H29N3O. The molecule has 2 N–H and O–H groups in total. The predicted molar refractivity (Wildman–Crippen MR) is 102 cm³/mol. The summed E-state index contributed by atoms with van der Waals surface area (Å²) in [6, 6.07) is 9.31. The van der Waals surface area contributed by atoms with E-state index in [2.05, 4.69) is 23.6 Å². The van der Waals surface area contributed by atoms with Crippen LogP contribution in [0.15, 0.2) is 24.3 Å². The summed E-state index contributed by atoms with van der Waals surface area (Å²) in [7, 11) is 0. The van der Waals surface area contributed by atoms with E-state index in [1.54, 1.807) is 18.2 Å². The molecule has 2 atom stereocenters. The minimum absolute atomic E-state index is 0.0309. The third-order valence-electron chi connectivity index (χ3n) is 7.16. The van der Waals surface area contributed by atoms with Gasteiger partial charge >= 0.3 is 0 Å². The number of anilines is 1.